The van der Waals surface area contributed by atoms with Gasteiger partial charge in [-0.2, -0.15) is 0 Å². The predicted octanol–water partition coefficient (Wildman–Crippen LogP) is 2.48. The van der Waals surface area contributed by atoms with E-state index in [0.29, 0.717) is 6.54 Å². The van der Waals surface area contributed by atoms with Crippen molar-refractivity contribution in [3.8, 4) is 0 Å². The Labute approximate surface area is 132 Å². The number of carbonyl (C=O) groups excluding carboxylic acids is 1. The molecule has 2 unspecified atom stereocenters. The second-order valence-electron chi connectivity index (χ2n) is 5.33. The molecule has 5 nitrogen and oxygen atoms in total. The van der Waals surface area contributed by atoms with Gasteiger partial charge in [-0.25, -0.2) is 0 Å². The molecule has 1 saturated carbocycles. The third-order valence-electron chi connectivity index (χ3n) is 3.78. The summed E-state index contributed by atoms with van der Waals surface area (Å²) in [5.74, 6) is -0.998. The lowest BCUT2D eigenvalue weighted by atomic mass is 9.96. The van der Waals surface area contributed by atoms with Gasteiger partial charge in [-0.05, 0) is 43.5 Å². The second kappa shape index (κ2) is 7.56. The van der Waals surface area contributed by atoms with Gasteiger partial charge in [-0.3, -0.25) is 9.59 Å². The molecule has 1 aromatic carbocycles. The smallest absolute Gasteiger partial charge is 0.306 e. The highest BCUT2D eigenvalue weighted by atomic mass is 79.9. The molecule has 3 N–H and O–H groups in total. The van der Waals surface area contributed by atoms with E-state index >= 15 is 0 Å². The zero-order valence-corrected chi connectivity index (χ0v) is 13.2. The Hall–Kier alpha value is -1.40. The second-order valence-corrected chi connectivity index (χ2v) is 6.24. The molecular weight excluding hydrogens is 336 g/mol. The molecule has 0 heterocycles. The Bertz CT molecular complexity index is 521. The first-order valence-electron chi connectivity index (χ1n) is 7.05. The van der Waals surface area contributed by atoms with Crippen LogP contribution in [-0.4, -0.2) is 30.1 Å². The third-order valence-corrected chi connectivity index (χ3v) is 4.27. The molecule has 0 aliphatic heterocycles. The van der Waals surface area contributed by atoms with E-state index in [0.717, 1.165) is 29.4 Å². The summed E-state index contributed by atoms with van der Waals surface area (Å²) in [5.41, 5.74) is 0.737. The van der Waals surface area contributed by atoms with Crippen molar-refractivity contribution in [1.82, 2.24) is 5.32 Å². The first-order valence-corrected chi connectivity index (χ1v) is 7.84. The van der Waals surface area contributed by atoms with Gasteiger partial charge in [-0.15, -0.1) is 0 Å². The molecule has 2 rings (SSSR count). The Morgan fingerprint density at radius 2 is 2.14 bits per heavy atom. The number of rotatable bonds is 6. The van der Waals surface area contributed by atoms with Gasteiger partial charge >= 0.3 is 5.97 Å². The van der Waals surface area contributed by atoms with E-state index in [4.69, 9.17) is 5.11 Å². The Morgan fingerprint density at radius 1 is 1.33 bits per heavy atom. The van der Waals surface area contributed by atoms with Gasteiger partial charge in [-0.1, -0.05) is 28.4 Å². The van der Waals surface area contributed by atoms with Crippen LogP contribution in [0.4, 0.5) is 5.69 Å². The van der Waals surface area contributed by atoms with Crippen LogP contribution in [0.2, 0.25) is 0 Å². The fourth-order valence-corrected chi connectivity index (χ4v) is 3.15. The van der Waals surface area contributed by atoms with E-state index in [1.807, 2.05) is 24.3 Å². The van der Waals surface area contributed by atoms with Gasteiger partial charge in [0.2, 0.25) is 5.91 Å². The maximum absolute atomic E-state index is 11.8. The van der Waals surface area contributed by atoms with Gasteiger partial charge in [0.05, 0.1) is 12.5 Å². The molecule has 0 bridgehead atoms. The van der Waals surface area contributed by atoms with Gasteiger partial charge < -0.3 is 15.7 Å². The van der Waals surface area contributed by atoms with Crippen molar-refractivity contribution >= 4 is 33.5 Å². The lowest BCUT2D eigenvalue weighted by Gasteiger charge is -2.16. The molecule has 1 aromatic rings. The lowest BCUT2D eigenvalue weighted by Crippen LogP contribution is -2.34. The van der Waals surface area contributed by atoms with Gasteiger partial charge in [0.25, 0.3) is 0 Å². The SMILES string of the molecule is O=C(CNCC1CCCC1C(=O)O)Nc1cccc(Br)c1. The van der Waals surface area contributed by atoms with Crippen molar-refractivity contribution in [3.05, 3.63) is 28.7 Å². The standard InChI is InChI=1S/C15H19BrN2O3/c16-11-4-2-5-12(7-11)18-14(19)9-17-8-10-3-1-6-13(10)15(20)21/h2,4-5,7,10,13,17H,1,3,6,8-9H2,(H,18,19)(H,20,21). The summed E-state index contributed by atoms with van der Waals surface area (Å²) in [6, 6.07) is 7.39. The minimum Gasteiger partial charge on any atom is -0.481 e. The van der Waals surface area contributed by atoms with Gasteiger partial charge in [0, 0.05) is 10.2 Å². The van der Waals surface area contributed by atoms with Crippen LogP contribution in [-0.2, 0) is 9.59 Å². The predicted molar refractivity (Wildman–Crippen MR) is 84.1 cm³/mol. The molecular formula is C15H19BrN2O3. The Balaban J connectivity index is 1.73. The third kappa shape index (κ3) is 4.82. The van der Waals surface area contributed by atoms with E-state index in [2.05, 4.69) is 26.6 Å². The van der Waals surface area contributed by atoms with Crippen molar-refractivity contribution in [3.63, 3.8) is 0 Å². The van der Waals surface area contributed by atoms with Crippen LogP contribution in [0.15, 0.2) is 28.7 Å². The Morgan fingerprint density at radius 3 is 2.86 bits per heavy atom. The summed E-state index contributed by atoms with van der Waals surface area (Å²) in [7, 11) is 0. The number of carbonyl (C=O) groups is 2. The van der Waals surface area contributed by atoms with Crippen LogP contribution in [0.5, 0.6) is 0 Å². The number of nitrogens with one attached hydrogen (secondary N) is 2. The number of amides is 1. The molecule has 21 heavy (non-hydrogen) atoms. The number of halogens is 1. The van der Waals surface area contributed by atoms with E-state index in [1.54, 1.807) is 0 Å². The number of aliphatic carboxylic acids is 1. The van der Waals surface area contributed by atoms with E-state index in [1.165, 1.54) is 0 Å². The number of carboxylic acids is 1. The minimum absolute atomic E-state index is 0.126. The zero-order valence-electron chi connectivity index (χ0n) is 11.6. The van der Waals surface area contributed by atoms with Crippen LogP contribution in [0, 0.1) is 11.8 Å². The molecule has 2 atom stereocenters. The van der Waals surface area contributed by atoms with Crippen molar-refractivity contribution < 1.29 is 14.7 Å². The molecule has 1 fully saturated rings. The maximum Gasteiger partial charge on any atom is 0.306 e. The highest BCUT2D eigenvalue weighted by molar-refractivity contribution is 9.10. The fraction of sp³-hybridized carbons (Fsp3) is 0.467. The molecule has 1 aliphatic rings. The molecule has 0 spiro atoms. The van der Waals surface area contributed by atoms with Crippen LogP contribution in [0.3, 0.4) is 0 Å². The van der Waals surface area contributed by atoms with Crippen molar-refractivity contribution in [2.45, 2.75) is 19.3 Å². The molecule has 6 heteroatoms. The monoisotopic (exact) mass is 354 g/mol. The molecule has 0 radical (unpaired) electrons. The van der Waals surface area contributed by atoms with Crippen LogP contribution in [0.25, 0.3) is 0 Å². The van der Waals surface area contributed by atoms with Crippen molar-refractivity contribution in [2.75, 3.05) is 18.4 Å². The number of benzene rings is 1. The summed E-state index contributed by atoms with van der Waals surface area (Å²) in [4.78, 5) is 22.9. The van der Waals surface area contributed by atoms with Crippen LogP contribution >= 0.6 is 15.9 Å². The van der Waals surface area contributed by atoms with Crippen LogP contribution in [0.1, 0.15) is 19.3 Å². The molecule has 1 aliphatic carbocycles. The molecule has 114 valence electrons. The minimum atomic E-state index is -0.724. The van der Waals surface area contributed by atoms with Gasteiger partial charge in [0.1, 0.15) is 0 Å². The number of anilines is 1. The lowest BCUT2D eigenvalue weighted by molar-refractivity contribution is -0.142. The first-order chi connectivity index (χ1) is 10.1. The largest absolute Gasteiger partial charge is 0.481 e. The average molecular weight is 355 g/mol. The fourth-order valence-electron chi connectivity index (χ4n) is 2.75. The quantitative estimate of drug-likeness (QED) is 0.733. The van der Waals surface area contributed by atoms with E-state index < -0.39 is 5.97 Å². The van der Waals surface area contributed by atoms with Gasteiger partial charge in [0.15, 0.2) is 0 Å². The average Bonchev–Trinajstić information content (AvgIpc) is 2.87. The normalized spacial score (nSPS) is 21.2. The first kappa shape index (κ1) is 16.0. The molecule has 0 aromatic heterocycles. The zero-order chi connectivity index (χ0) is 15.2. The van der Waals surface area contributed by atoms with E-state index in [-0.39, 0.29) is 24.3 Å². The topological polar surface area (TPSA) is 78.4 Å². The summed E-state index contributed by atoms with van der Waals surface area (Å²) < 4.78 is 0.906. The number of hydrogen-bond donors (Lipinski definition) is 3. The summed E-state index contributed by atoms with van der Waals surface area (Å²) in [6.07, 6.45) is 2.61. The highest BCUT2D eigenvalue weighted by Gasteiger charge is 2.32. The maximum atomic E-state index is 11.8. The number of hydrogen-bond acceptors (Lipinski definition) is 3. The molecule has 1 amide bonds. The van der Waals surface area contributed by atoms with Crippen molar-refractivity contribution in [2.24, 2.45) is 11.8 Å². The summed E-state index contributed by atoms with van der Waals surface area (Å²) >= 11 is 3.35. The summed E-state index contributed by atoms with van der Waals surface area (Å²) in [6.45, 7) is 0.762. The van der Waals surface area contributed by atoms with Crippen LogP contribution < -0.4 is 10.6 Å². The molecule has 0 saturated heterocycles. The van der Waals surface area contributed by atoms with Crippen molar-refractivity contribution in [1.29, 1.82) is 0 Å². The number of carboxylic acid groups (broad SMARTS) is 1. The summed E-state index contributed by atoms with van der Waals surface area (Å²) in [5, 5.41) is 15.0. The highest BCUT2D eigenvalue weighted by Crippen LogP contribution is 2.31. The Kier molecular flexibility index (Phi) is 5.76. The van der Waals surface area contributed by atoms with E-state index in [9.17, 15) is 9.59 Å².